The van der Waals surface area contributed by atoms with E-state index in [1.807, 2.05) is 6.92 Å². The molecule has 7 heteroatoms. The Labute approximate surface area is 168 Å². The summed E-state index contributed by atoms with van der Waals surface area (Å²) in [7, 11) is 2.96. The van der Waals surface area contributed by atoms with Crippen molar-refractivity contribution in [2.45, 2.75) is 25.4 Å². The summed E-state index contributed by atoms with van der Waals surface area (Å²) in [6.07, 6.45) is 0.298. The maximum absolute atomic E-state index is 13.0. The highest BCUT2D eigenvalue weighted by Gasteiger charge is 2.51. The summed E-state index contributed by atoms with van der Waals surface area (Å²) >= 11 is 6.10. The van der Waals surface area contributed by atoms with E-state index < -0.39 is 23.7 Å². The minimum absolute atomic E-state index is 0.266. The van der Waals surface area contributed by atoms with E-state index in [9.17, 15) is 14.7 Å². The largest absolute Gasteiger partial charge is 0.497 e. The number of carbonyl (C=O) groups excluding carboxylic acids is 2. The summed E-state index contributed by atoms with van der Waals surface area (Å²) < 4.78 is 10.4. The number of methoxy groups -OCH3 is 2. The van der Waals surface area contributed by atoms with Crippen LogP contribution in [0.15, 0.2) is 36.4 Å². The van der Waals surface area contributed by atoms with Crippen molar-refractivity contribution < 1.29 is 24.2 Å². The van der Waals surface area contributed by atoms with Gasteiger partial charge < -0.3 is 19.5 Å². The second-order valence-corrected chi connectivity index (χ2v) is 7.08. The molecule has 0 bridgehead atoms. The Bertz CT molecular complexity index is 929. The van der Waals surface area contributed by atoms with E-state index in [2.05, 4.69) is 0 Å². The van der Waals surface area contributed by atoms with Crippen molar-refractivity contribution in [1.29, 1.82) is 0 Å². The fourth-order valence-corrected chi connectivity index (χ4v) is 3.67. The number of amides is 1. The maximum atomic E-state index is 13.0. The van der Waals surface area contributed by atoms with E-state index in [4.69, 9.17) is 21.1 Å². The third kappa shape index (κ3) is 3.34. The number of halogens is 1. The number of rotatable bonds is 7. The van der Waals surface area contributed by atoms with Crippen LogP contribution in [-0.2, 0) is 10.4 Å². The van der Waals surface area contributed by atoms with Gasteiger partial charge in [0.2, 0.25) is 0 Å². The first-order valence-electron chi connectivity index (χ1n) is 8.95. The zero-order chi connectivity index (χ0) is 20.5. The monoisotopic (exact) mass is 403 g/mol. The molecule has 0 saturated heterocycles. The van der Waals surface area contributed by atoms with Crippen molar-refractivity contribution in [2.75, 3.05) is 25.7 Å². The van der Waals surface area contributed by atoms with Crippen LogP contribution in [0.25, 0.3) is 0 Å². The fraction of sp³-hybridized carbons (Fsp3) is 0.333. The normalized spacial score (nSPS) is 18.2. The highest BCUT2D eigenvalue weighted by molar-refractivity contribution is 6.31. The van der Waals surface area contributed by atoms with Gasteiger partial charge in [-0.2, -0.15) is 0 Å². The van der Waals surface area contributed by atoms with Crippen molar-refractivity contribution in [2.24, 2.45) is 0 Å². The van der Waals surface area contributed by atoms with Crippen LogP contribution < -0.4 is 14.4 Å². The lowest BCUT2D eigenvalue weighted by Gasteiger charge is -2.23. The standard InChI is InChI=1S/C21H22ClNO5/c1-4-9-23-17-8-5-13(22)10-16(17)21(26,20(23)25)12-18(24)15-7-6-14(27-2)11-19(15)28-3/h5-8,10-11,26H,4,9,12H2,1-3H3. The van der Waals surface area contributed by atoms with Gasteiger partial charge in [0.05, 0.1) is 31.9 Å². The molecule has 0 aromatic heterocycles. The highest BCUT2D eigenvalue weighted by Crippen LogP contribution is 2.44. The molecular weight excluding hydrogens is 382 g/mol. The Morgan fingerprint density at radius 1 is 1.18 bits per heavy atom. The number of fused-ring (bicyclic) bond motifs is 1. The molecule has 1 atom stereocenters. The molecule has 1 amide bonds. The smallest absolute Gasteiger partial charge is 0.264 e. The first-order chi connectivity index (χ1) is 13.3. The quantitative estimate of drug-likeness (QED) is 0.715. The second-order valence-electron chi connectivity index (χ2n) is 6.64. The van der Waals surface area contributed by atoms with Crippen LogP contribution in [0.3, 0.4) is 0 Å². The number of hydrogen-bond acceptors (Lipinski definition) is 5. The van der Waals surface area contributed by atoms with Gasteiger partial charge in [-0.3, -0.25) is 9.59 Å². The number of ketones is 1. The van der Waals surface area contributed by atoms with Crippen LogP contribution in [0.2, 0.25) is 5.02 Å². The van der Waals surface area contributed by atoms with Crippen LogP contribution in [0, 0.1) is 0 Å². The summed E-state index contributed by atoms with van der Waals surface area (Å²) in [4.78, 5) is 27.5. The Balaban J connectivity index is 2.00. The Hall–Kier alpha value is -2.57. The molecule has 1 heterocycles. The number of Topliss-reactive ketones (excluding diaryl/α,β-unsaturated/α-hetero) is 1. The van der Waals surface area contributed by atoms with Gasteiger partial charge in [-0.15, -0.1) is 0 Å². The van der Waals surface area contributed by atoms with Crippen molar-refractivity contribution in [3.63, 3.8) is 0 Å². The van der Waals surface area contributed by atoms with E-state index in [0.717, 1.165) is 0 Å². The number of benzene rings is 2. The average Bonchev–Trinajstić information content (AvgIpc) is 2.89. The van der Waals surface area contributed by atoms with Gasteiger partial charge in [0.15, 0.2) is 11.4 Å². The molecule has 0 aliphatic carbocycles. The zero-order valence-electron chi connectivity index (χ0n) is 16.0. The number of carbonyl (C=O) groups is 2. The van der Waals surface area contributed by atoms with Crippen molar-refractivity contribution in [3.8, 4) is 11.5 Å². The van der Waals surface area contributed by atoms with Gasteiger partial charge in [0.25, 0.3) is 5.91 Å². The molecule has 0 spiro atoms. The number of anilines is 1. The van der Waals surface area contributed by atoms with Gasteiger partial charge in [-0.05, 0) is 36.8 Å². The molecule has 2 aromatic carbocycles. The molecule has 0 saturated carbocycles. The lowest BCUT2D eigenvalue weighted by Crippen LogP contribution is -2.42. The molecule has 1 unspecified atom stereocenters. The second kappa shape index (κ2) is 7.81. The molecule has 2 aromatic rings. The van der Waals surface area contributed by atoms with E-state index >= 15 is 0 Å². The van der Waals surface area contributed by atoms with Crippen LogP contribution in [-0.4, -0.2) is 37.6 Å². The van der Waals surface area contributed by atoms with Crippen LogP contribution in [0.1, 0.15) is 35.7 Å². The molecule has 1 aliphatic heterocycles. The van der Waals surface area contributed by atoms with Gasteiger partial charge in [0.1, 0.15) is 11.5 Å². The molecule has 1 N–H and O–H groups in total. The third-order valence-corrected chi connectivity index (χ3v) is 5.10. The molecular formula is C21H22ClNO5. The summed E-state index contributed by atoms with van der Waals surface area (Å²) in [6, 6.07) is 9.68. The molecule has 28 heavy (non-hydrogen) atoms. The number of nitrogens with zero attached hydrogens (tertiary/aromatic N) is 1. The third-order valence-electron chi connectivity index (χ3n) is 4.87. The predicted molar refractivity (Wildman–Crippen MR) is 106 cm³/mol. The molecule has 0 fully saturated rings. The van der Waals surface area contributed by atoms with Gasteiger partial charge >= 0.3 is 0 Å². The van der Waals surface area contributed by atoms with Crippen LogP contribution in [0.4, 0.5) is 5.69 Å². The topological polar surface area (TPSA) is 76.1 Å². The molecule has 148 valence electrons. The highest BCUT2D eigenvalue weighted by atomic mass is 35.5. The SMILES string of the molecule is CCCN1C(=O)C(O)(CC(=O)c2ccc(OC)cc2OC)c2cc(Cl)ccc21. The zero-order valence-corrected chi connectivity index (χ0v) is 16.7. The Morgan fingerprint density at radius 3 is 2.57 bits per heavy atom. The van der Waals surface area contributed by atoms with Gasteiger partial charge in [0, 0.05) is 23.2 Å². The summed E-state index contributed by atoms with van der Waals surface area (Å²) in [5, 5.41) is 11.7. The molecule has 0 radical (unpaired) electrons. The fourth-order valence-electron chi connectivity index (χ4n) is 3.50. The first kappa shape index (κ1) is 20.2. The van der Waals surface area contributed by atoms with Crippen molar-refractivity contribution >= 4 is 29.0 Å². The molecule has 1 aliphatic rings. The van der Waals surface area contributed by atoms with E-state index in [0.29, 0.717) is 40.7 Å². The van der Waals surface area contributed by atoms with Crippen molar-refractivity contribution in [1.82, 2.24) is 0 Å². The molecule has 3 rings (SSSR count). The first-order valence-corrected chi connectivity index (χ1v) is 9.33. The lowest BCUT2D eigenvalue weighted by atomic mass is 9.88. The Morgan fingerprint density at radius 2 is 1.93 bits per heavy atom. The van der Waals surface area contributed by atoms with Crippen LogP contribution >= 0.6 is 11.6 Å². The minimum atomic E-state index is -1.97. The Kier molecular flexibility index (Phi) is 5.63. The predicted octanol–water partition coefficient (Wildman–Crippen LogP) is 3.57. The average molecular weight is 404 g/mol. The number of aliphatic hydroxyl groups is 1. The summed E-state index contributed by atoms with van der Waals surface area (Å²) in [6.45, 7) is 2.38. The van der Waals surface area contributed by atoms with E-state index in [-0.39, 0.29) is 5.56 Å². The van der Waals surface area contributed by atoms with E-state index in [1.165, 1.54) is 19.1 Å². The summed E-state index contributed by atoms with van der Waals surface area (Å²) in [5.41, 5.74) is -0.785. The number of hydrogen-bond donors (Lipinski definition) is 1. The summed E-state index contributed by atoms with van der Waals surface area (Å²) in [5.74, 6) is -0.0856. The lowest BCUT2D eigenvalue weighted by molar-refractivity contribution is -0.135. The number of ether oxygens (including phenoxy) is 2. The van der Waals surface area contributed by atoms with Crippen LogP contribution in [0.5, 0.6) is 11.5 Å². The van der Waals surface area contributed by atoms with Gasteiger partial charge in [-0.1, -0.05) is 18.5 Å². The van der Waals surface area contributed by atoms with Crippen molar-refractivity contribution in [3.05, 3.63) is 52.5 Å². The maximum Gasteiger partial charge on any atom is 0.264 e. The van der Waals surface area contributed by atoms with Gasteiger partial charge in [-0.25, -0.2) is 0 Å². The molecule has 6 nitrogen and oxygen atoms in total. The minimum Gasteiger partial charge on any atom is -0.497 e. The van der Waals surface area contributed by atoms with E-state index in [1.54, 1.807) is 36.4 Å².